The van der Waals surface area contributed by atoms with Crippen molar-refractivity contribution in [2.45, 2.75) is 12.5 Å². The Balaban J connectivity index is 0.00000256. The average Bonchev–Trinajstić information content (AvgIpc) is 3.23. The first kappa shape index (κ1) is 21.5. The van der Waals surface area contributed by atoms with Crippen LogP contribution in [0.3, 0.4) is 0 Å². The molecule has 0 bridgehead atoms. The van der Waals surface area contributed by atoms with Crippen molar-refractivity contribution in [3.8, 4) is 17.0 Å². The van der Waals surface area contributed by atoms with Gasteiger partial charge in [-0.3, -0.25) is 9.78 Å². The summed E-state index contributed by atoms with van der Waals surface area (Å²) in [7, 11) is 0. The van der Waals surface area contributed by atoms with Crippen LogP contribution in [-0.2, 0) is 0 Å². The molecule has 0 saturated carbocycles. The lowest BCUT2D eigenvalue weighted by atomic mass is 10.1. The van der Waals surface area contributed by atoms with Gasteiger partial charge in [0.15, 0.2) is 11.5 Å². The second-order valence-corrected chi connectivity index (χ2v) is 6.68. The highest BCUT2D eigenvalue weighted by molar-refractivity contribution is 6.07. The predicted molar refractivity (Wildman–Crippen MR) is 115 cm³/mol. The number of amides is 1. The Hall–Kier alpha value is -3.23. The molecule has 1 aliphatic heterocycles. The van der Waals surface area contributed by atoms with Gasteiger partial charge in [0, 0.05) is 30.4 Å². The summed E-state index contributed by atoms with van der Waals surface area (Å²) in [6, 6.07) is 11.6. The van der Waals surface area contributed by atoms with E-state index in [1.165, 1.54) is 6.20 Å². The van der Waals surface area contributed by atoms with Gasteiger partial charge in [-0.2, -0.15) is 0 Å². The predicted octanol–water partition coefficient (Wildman–Crippen LogP) is 3.28. The molecule has 3 heterocycles. The van der Waals surface area contributed by atoms with Gasteiger partial charge in [-0.25, -0.2) is 9.37 Å². The summed E-state index contributed by atoms with van der Waals surface area (Å²) in [5, 5.41) is 5.95. The first-order valence-corrected chi connectivity index (χ1v) is 9.26. The van der Waals surface area contributed by atoms with E-state index in [0.717, 1.165) is 25.6 Å². The molecule has 4 rings (SSSR count). The number of nitrogen functional groups attached to an aromatic ring is 1. The van der Waals surface area contributed by atoms with Crippen molar-refractivity contribution in [2.75, 3.05) is 24.1 Å². The van der Waals surface area contributed by atoms with Crippen LogP contribution in [0.25, 0.3) is 11.3 Å². The summed E-state index contributed by atoms with van der Waals surface area (Å²) in [6.07, 6.45) is 3.98. The maximum atomic E-state index is 14.4. The van der Waals surface area contributed by atoms with E-state index in [9.17, 15) is 9.18 Å². The Bertz CT molecular complexity index is 1030. The summed E-state index contributed by atoms with van der Waals surface area (Å²) in [6.45, 7) is 1.62. The SMILES string of the molecule is Cl.Nc1cc(F)c(-c2ccccc2)nc1C(=O)Nc1cnccc1OC1CCNC1. The van der Waals surface area contributed by atoms with Gasteiger partial charge in [-0.05, 0) is 13.0 Å². The number of aromatic nitrogens is 2. The number of hydrogen-bond acceptors (Lipinski definition) is 6. The van der Waals surface area contributed by atoms with E-state index in [4.69, 9.17) is 10.5 Å². The number of rotatable bonds is 5. The lowest BCUT2D eigenvalue weighted by molar-refractivity contribution is 0.102. The third kappa shape index (κ3) is 4.67. The number of nitrogens with two attached hydrogens (primary N) is 1. The molecule has 4 N–H and O–H groups in total. The number of halogens is 2. The van der Waals surface area contributed by atoms with Crippen LogP contribution in [-0.4, -0.2) is 35.1 Å². The molecule has 1 atom stereocenters. The summed E-state index contributed by atoms with van der Waals surface area (Å²) < 4.78 is 20.3. The van der Waals surface area contributed by atoms with E-state index < -0.39 is 11.7 Å². The van der Waals surface area contributed by atoms with E-state index >= 15 is 0 Å². The second kappa shape index (κ2) is 9.51. The van der Waals surface area contributed by atoms with Gasteiger partial charge in [0.25, 0.3) is 5.91 Å². The number of hydrogen-bond donors (Lipinski definition) is 3. The van der Waals surface area contributed by atoms with Crippen molar-refractivity contribution < 1.29 is 13.9 Å². The first-order chi connectivity index (χ1) is 14.1. The number of nitrogens with one attached hydrogen (secondary N) is 2. The van der Waals surface area contributed by atoms with Crippen molar-refractivity contribution in [3.05, 3.63) is 66.4 Å². The van der Waals surface area contributed by atoms with Crippen molar-refractivity contribution in [1.29, 1.82) is 0 Å². The summed E-state index contributed by atoms with van der Waals surface area (Å²) >= 11 is 0. The molecule has 1 aromatic carbocycles. The molecule has 7 nitrogen and oxygen atoms in total. The molecule has 1 aliphatic rings. The molecule has 9 heteroatoms. The molecule has 2 aromatic heterocycles. The highest BCUT2D eigenvalue weighted by Crippen LogP contribution is 2.28. The van der Waals surface area contributed by atoms with Gasteiger partial charge < -0.3 is 21.1 Å². The van der Waals surface area contributed by atoms with Gasteiger partial charge in [0.05, 0.1) is 11.9 Å². The lowest BCUT2D eigenvalue weighted by Crippen LogP contribution is -2.21. The van der Waals surface area contributed by atoms with Crippen LogP contribution in [0.15, 0.2) is 54.9 Å². The fraction of sp³-hybridized carbons (Fsp3) is 0.190. The fourth-order valence-electron chi connectivity index (χ4n) is 3.15. The first-order valence-electron chi connectivity index (χ1n) is 9.26. The smallest absolute Gasteiger partial charge is 0.276 e. The van der Waals surface area contributed by atoms with Crippen molar-refractivity contribution in [3.63, 3.8) is 0 Å². The highest BCUT2D eigenvalue weighted by atomic mass is 35.5. The third-order valence-electron chi connectivity index (χ3n) is 4.61. The van der Waals surface area contributed by atoms with Crippen LogP contribution in [0.2, 0.25) is 0 Å². The zero-order valence-electron chi connectivity index (χ0n) is 16.0. The number of carbonyl (C=O) groups excluding carboxylic acids is 1. The molecule has 30 heavy (non-hydrogen) atoms. The van der Waals surface area contributed by atoms with Gasteiger partial charge >= 0.3 is 0 Å². The molecule has 3 aromatic rings. The van der Waals surface area contributed by atoms with Crippen LogP contribution in [0, 0.1) is 5.82 Å². The van der Waals surface area contributed by atoms with Gasteiger partial charge in [-0.15, -0.1) is 12.4 Å². The van der Waals surface area contributed by atoms with Crippen LogP contribution in [0.1, 0.15) is 16.9 Å². The van der Waals surface area contributed by atoms with Gasteiger partial charge in [-0.1, -0.05) is 30.3 Å². The van der Waals surface area contributed by atoms with Crippen LogP contribution >= 0.6 is 12.4 Å². The quantitative estimate of drug-likeness (QED) is 0.575. The molecule has 0 spiro atoms. The topological polar surface area (TPSA) is 102 Å². The Kier molecular flexibility index (Phi) is 6.81. The number of nitrogens with zero attached hydrogens (tertiary/aromatic N) is 2. The number of ether oxygens (including phenoxy) is 1. The molecular weight excluding hydrogens is 409 g/mol. The molecule has 0 aliphatic carbocycles. The zero-order chi connectivity index (χ0) is 20.2. The standard InChI is InChI=1S/C21H20FN5O2.ClH/c22-15-10-16(23)20(27-19(15)13-4-2-1-3-5-13)21(28)26-17-12-25-9-7-18(17)29-14-6-8-24-11-14;/h1-5,7,9-10,12,14,24H,6,8,11,23H2,(H,26,28);1H. The highest BCUT2D eigenvalue weighted by Gasteiger charge is 2.21. The minimum Gasteiger partial charge on any atom is -0.487 e. The third-order valence-corrected chi connectivity index (χ3v) is 4.61. The van der Waals surface area contributed by atoms with Crippen LogP contribution in [0.5, 0.6) is 5.75 Å². The summed E-state index contributed by atoms with van der Waals surface area (Å²) in [5.41, 5.74) is 6.77. The number of benzene rings is 1. The molecule has 1 amide bonds. The molecule has 1 saturated heterocycles. The Morgan fingerprint density at radius 3 is 2.80 bits per heavy atom. The Labute approximate surface area is 179 Å². The molecule has 0 radical (unpaired) electrons. The normalized spacial score (nSPS) is 15.3. The van der Waals surface area contributed by atoms with Crippen molar-refractivity contribution in [2.24, 2.45) is 0 Å². The van der Waals surface area contributed by atoms with Crippen LogP contribution < -0.4 is 21.1 Å². The Morgan fingerprint density at radius 1 is 1.27 bits per heavy atom. The average molecular weight is 430 g/mol. The van der Waals surface area contributed by atoms with E-state index in [1.807, 2.05) is 6.07 Å². The van der Waals surface area contributed by atoms with E-state index in [-0.39, 0.29) is 35.6 Å². The largest absolute Gasteiger partial charge is 0.487 e. The molecular formula is C21H21ClFN5O2. The molecule has 156 valence electrons. The van der Waals surface area contributed by atoms with E-state index in [2.05, 4.69) is 20.6 Å². The van der Waals surface area contributed by atoms with Crippen molar-refractivity contribution in [1.82, 2.24) is 15.3 Å². The summed E-state index contributed by atoms with van der Waals surface area (Å²) in [4.78, 5) is 21.1. The van der Waals surface area contributed by atoms with Crippen LogP contribution in [0.4, 0.5) is 15.8 Å². The van der Waals surface area contributed by atoms with Gasteiger partial charge in [0.2, 0.25) is 0 Å². The number of carbonyl (C=O) groups is 1. The minimum absolute atomic E-state index is 0. The second-order valence-electron chi connectivity index (χ2n) is 6.68. The zero-order valence-corrected chi connectivity index (χ0v) is 16.8. The lowest BCUT2D eigenvalue weighted by Gasteiger charge is -2.16. The minimum atomic E-state index is -0.593. The molecule has 1 fully saturated rings. The maximum absolute atomic E-state index is 14.4. The maximum Gasteiger partial charge on any atom is 0.276 e. The van der Waals surface area contributed by atoms with E-state index in [0.29, 0.717) is 17.0 Å². The van der Waals surface area contributed by atoms with Gasteiger partial charge in [0.1, 0.15) is 23.2 Å². The Morgan fingerprint density at radius 2 is 2.07 bits per heavy atom. The number of pyridine rings is 2. The number of anilines is 2. The monoisotopic (exact) mass is 429 g/mol. The van der Waals surface area contributed by atoms with E-state index in [1.54, 1.807) is 36.5 Å². The van der Waals surface area contributed by atoms with Crippen molar-refractivity contribution >= 4 is 29.7 Å². The fourth-order valence-corrected chi connectivity index (χ4v) is 3.15. The molecule has 1 unspecified atom stereocenters. The summed E-state index contributed by atoms with van der Waals surface area (Å²) in [5.74, 6) is -0.655.